The summed E-state index contributed by atoms with van der Waals surface area (Å²) in [5.41, 5.74) is 7.27. The Hall–Kier alpha value is -1.89. The second-order valence-corrected chi connectivity index (χ2v) is 5.14. The Morgan fingerprint density at radius 2 is 2.32 bits per heavy atom. The van der Waals surface area contributed by atoms with Gasteiger partial charge in [0.15, 0.2) is 0 Å². The summed E-state index contributed by atoms with van der Waals surface area (Å²) in [5.74, 6) is -0.479. The van der Waals surface area contributed by atoms with Crippen LogP contribution in [0.3, 0.4) is 0 Å². The van der Waals surface area contributed by atoms with Gasteiger partial charge in [-0.1, -0.05) is 0 Å². The number of H-pyrrole nitrogens is 1. The van der Waals surface area contributed by atoms with Crippen LogP contribution in [0.4, 0.5) is 0 Å². The van der Waals surface area contributed by atoms with Crippen molar-refractivity contribution in [2.45, 2.75) is 25.4 Å². The first kappa shape index (κ1) is 12.2. The number of carbonyl (C=O) groups excluding carboxylic acids is 2. The van der Waals surface area contributed by atoms with Crippen LogP contribution in [0.15, 0.2) is 6.33 Å². The fourth-order valence-corrected chi connectivity index (χ4v) is 2.76. The predicted molar refractivity (Wildman–Crippen MR) is 66.8 cm³/mol. The number of nitrogens with two attached hydrogens (primary N) is 1. The summed E-state index contributed by atoms with van der Waals surface area (Å²) >= 11 is 0. The molecule has 7 heteroatoms. The number of imidazole rings is 1. The van der Waals surface area contributed by atoms with E-state index >= 15 is 0 Å². The molecule has 0 saturated carbocycles. The van der Waals surface area contributed by atoms with Crippen LogP contribution in [0, 0.1) is 5.92 Å². The van der Waals surface area contributed by atoms with Crippen LogP contribution in [-0.4, -0.2) is 45.8 Å². The highest BCUT2D eigenvalue weighted by Gasteiger charge is 2.34. The molecular formula is C12H17N5O2. The summed E-state index contributed by atoms with van der Waals surface area (Å²) < 4.78 is 0. The number of aromatic nitrogens is 2. The molecule has 2 unspecified atom stereocenters. The lowest BCUT2D eigenvalue weighted by Crippen LogP contribution is -2.49. The Bertz CT molecular complexity index is 512. The molecule has 1 fully saturated rings. The van der Waals surface area contributed by atoms with Crippen molar-refractivity contribution in [3.8, 4) is 0 Å². The van der Waals surface area contributed by atoms with Gasteiger partial charge in [-0.3, -0.25) is 14.9 Å². The molecule has 2 aliphatic rings. The standard InChI is InChI=1S/C12H17N5O2/c13-11(18)7-1-2-17(5-7)12(19)9-3-8-10(4-14-9)16-6-15-8/h6-7,9,14H,1-5H2,(H2,13,18)(H,15,16). The molecule has 0 radical (unpaired) electrons. The number of likely N-dealkylation sites (tertiary alicyclic amines) is 1. The lowest BCUT2D eigenvalue weighted by Gasteiger charge is -2.26. The fourth-order valence-electron chi connectivity index (χ4n) is 2.76. The number of hydrogen-bond acceptors (Lipinski definition) is 4. The quantitative estimate of drug-likeness (QED) is 0.620. The van der Waals surface area contributed by atoms with E-state index in [-0.39, 0.29) is 23.8 Å². The Morgan fingerprint density at radius 3 is 3.05 bits per heavy atom. The third-order valence-electron chi connectivity index (χ3n) is 3.93. The number of fused-ring (bicyclic) bond motifs is 1. The number of nitrogens with one attached hydrogen (secondary N) is 2. The largest absolute Gasteiger partial charge is 0.369 e. The number of amides is 2. The average Bonchev–Trinajstić information content (AvgIpc) is 3.06. The van der Waals surface area contributed by atoms with Gasteiger partial charge in [0, 0.05) is 26.1 Å². The first-order valence-corrected chi connectivity index (χ1v) is 6.47. The number of carbonyl (C=O) groups is 2. The fraction of sp³-hybridized carbons (Fsp3) is 0.583. The average molecular weight is 263 g/mol. The van der Waals surface area contributed by atoms with E-state index in [1.54, 1.807) is 11.2 Å². The molecular weight excluding hydrogens is 246 g/mol. The van der Waals surface area contributed by atoms with Gasteiger partial charge in [-0.05, 0) is 6.42 Å². The van der Waals surface area contributed by atoms with Gasteiger partial charge >= 0.3 is 0 Å². The Labute approximate surface area is 110 Å². The Kier molecular flexibility index (Phi) is 2.98. The third kappa shape index (κ3) is 2.21. The van der Waals surface area contributed by atoms with E-state index in [9.17, 15) is 9.59 Å². The summed E-state index contributed by atoms with van der Waals surface area (Å²) in [5, 5.41) is 3.20. The predicted octanol–water partition coefficient (Wildman–Crippen LogP) is -1.24. The summed E-state index contributed by atoms with van der Waals surface area (Å²) in [6, 6.07) is -0.248. The van der Waals surface area contributed by atoms with E-state index in [0.717, 1.165) is 11.4 Å². The highest BCUT2D eigenvalue weighted by Crippen LogP contribution is 2.19. The smallest absolute Gasteiger partial charge is 0.240 e. The molecule has 19 heavy (non-hydrogen) atoms. The molecule has 2 amide bonds. The van der Waals surface area contributed by atoms with Crippen LogP contribution in [0.5, 0.6) is 0 Å². The zero-order valence-corrected chi connectivity index (χ0v) is 10.6. The maximum absolute atomic E-state index is 12.4. The van der Waals surface area contributed by atoms with Crippen molar-refractivity contribution in [2.24, 2.45) is 11.7 Å². The van der Waals surface area contributed by atoms with Gasteiger partial charge in [0.25, 0.3) is 0 Å². The number of primary amides is 1. The van der Waals surface area contributed by atoms with Crippen molar-refractivity contribution in [3.63, 3.8) is 0 Å². The Balaban J connectivity index is 1.65. The van der Waals surface area contributed by atoms with E-state index in [1.165, 1.54) is 0 Å². The second kappa shape index (κ2) is 4.65. The summed E-state index contributed by atoms with van der Waals surface area (Å²) in [7, 11) is 0. The van der Waals surface area contributed by atoms with Crippen LogP contribution >= 0.6 is 0 Å². The minimum absolute atomic E-state index is 0.0393. The monoisotopic (exact) mass is 263 g/mol. The first-order chi connectivity index (χ1) is 9.15. The maximum atomic E-state index is 12.4. The van der Waals surface area contributed by atoms with E-state index in [4.69, 9.17) is 5.73 Å². The molecule has 1 saturated heterocycles. The lowest BCUT2D eigenvalue weighted by atomic mass is 10.0. The van der Waals surface area contributed by atoms with Crippen LogP contribution in [0.25, 0.3) is 0 Å². The Morgan fingerprint density at radius 1 is 1.47 bits per heavy atom. The highest BCUT2D eigenvalue weighted by atomic mass is 16.2. The minimum atomic E-state index is -0.318. The number of hydrogen-bond donors (Lipinski definition) is 3. The van der Waals surface area contributed by atoms with Gasteiger partial charge in [-0.25, -0.2) is 4.98 Å². The molecule has 0 aliphatic carbocycles. The van der Waals surface area contributed by atoms with Crippen LogP contribution in [0.2, 0.25) is 0 Å². The maximum Gasteiger partial charge on any atom is 0.240 e. The van der Waals surface area contributed by atoms with Crippen molar-refractivity contribution >= 4 is 11.8 Å². The number of rotatable bonds is 2. The number of nitrogens with zero attached hydrogens (tertiary/aromatic N) is 2. The summed E-state index contributed by atoms with van der Waals surface area (Å²) in [4.78, 5) is 32.5. The van der Waals surface area contributed by atoms with E-state index in [0.29, 0.717) is 32.5 Å². The van der Waals surface area contributed by atoms with Gasteiger partial charge in [0.2, 0.25) is 11.8 Å². The van der Waals surface area contributed by atoms with Crippen molar-refractivity contribution in [1.82, 2.24) is 20.2 Å². The first-order valence-electron chi connectivity index (χ1n) is 6.47. The van der Waals surface area contributed by atoms with Crippen LogP contribution in [0.1, 0.15) is 17.8 Å². The molecule has 1 aromatic heterocycles. The summed E-state index contributed by atoms with van der Waals surface area (Å²) in [6.07, 6.45) is 2.91. The molecule has 102 valence electrons. The van der Waals surface area contributed by atoms with E-state index in [1.807, 2.05) is 0 Å². The molecule has 1 aromatic rings. The van der Waals surface area contributed by atoms with Crippen molar-refractivity contribution in [2.75, 3.05) is 13.1 Å². The minimum Gasteiger partial charge on any atom is -0.369 e. The molecule has 3 heterocycles. The zero-order valence-electron chi connectivity index (χ0n) is 10.6. The lowest BCUT2D eigenvalue weighted by molar-refractivity contribution is -0.133. The molecule has 4 N–H and O–H groups in total. The topological polar surface area (TPSA) is 104 Å². The molecule has 2 atom stereocenters. The molecule has 7 nitrogen and oxygen atoms in total. The third-order valence-corrected chi connectivity index (χ3v) is 3.93. The SMILES string of the molecule is NC(=O)C1CCN(C(=O)C2Cc3nc[nH]c3CN2)C1. The normalized spacial score (nSPS) is 26.2. The molecule has 0 bridgehead atoms. The van der Waals surface area contributed by atoms with Crippen LogP contribution in [-0.2, 0) is 22.6 Å². The highest BCUT2D eigenvalue weighted by molar-refractivity contribution is 5.84. The number of aromatic amines is 1. The van der Waals surface area contributed by atoms with Gasteiger partial charge < -0.3 is 15.6 Å². The van der Waals surface area contributed by atoms with Gasteiger partial charge in [-0.15, -0.1) is 0 Å². The molecule has 3 rings (SSSR count). The van der Waals surface area contributed by atoms with Crippen LogP contribution < -0.4 is 11.1 Å². The van der Waals surface area contributed by atoms with Crippen molar-refractivity contribution in [3.05, 3.63) is 17.7 Å². The second-order valence-electron chi connectivity index (χ2n) is 5.14. The molecule has 2 aliphatic heterocycles. The van der Waals surface area contributed by atoms with Crippen molar-refractivity contribution < 1.29 is 9.59 Å². The zero-order chi connectivity index (χ0) is 13.4. The molecule has 0 spiro atoms. The van der Waals surface area contributed by atoms with Gasteiger partial charge in [-0.2, -0.15) is 0 Å². The van der Waals surface area contributed by atoms with Crippen molar-refractivity contribution in [1.29, 1.82) is 0 Å². The van der Waals surface area contributed by atoms with E-state index in [2.05, 4.69) is 15.3 Å². The summed E-state index contributed by atoms with van der Waals surface area (Å²) in [6.45, 7) is 1.68. The van der Waals surface area contributed by atoms with E-state index < -0.39 is 0 Å². The van der Waals surface area contributed by atoms with Gasteiger partial charge in [0.05, 0.1) is 29.7 Å². The van der Waals surface area contributed by atoms with Gasteiger partial charge in [0.1, 0.15) is 0 Å². The molecule has 0 aromatic carbocycles.